The summed E-state index contributed by atoms with van der Waals surface area (Å²) in [6.07, 6.45) is 0. The summed E-state index contributed by atoms with van der Waals surface area (Å²) in [5, 5.41) is 0. The number of nitrogens with two attached hydrogens (primary N) is 2. The Balaban J connectivity index is 3.02. The van der Waals surface area contributed by atoms with E-state index in [1.54, 1.807) is 13.1 Å². The lowest BCUT2D eigenvalue weighted by Gasteiger charge is -2.17. The quantitative estimate of drug-likeness (QED) is 0.719. The van der Waals surface area contributed by atoms with Crippen molar-refractivity contribution >= 4 is 17.4 Å². The van der Waals surface area contributed by atoms with Crippen molar-refractivity contribution in [3.8, 4) is 0 Å². The van der Waals surface area contributed by atoms with Gasteiger partial charge in [-0.05, 0) is 24.1 Å². The second-order valence-corrected chi connectivity index (χ2v) is 3.42. The van der Waals surface area contributed by atoms with Crippen molar-refractivity contribution in [2.45, 2.75) is 6.92 Å². The minimum atomic E-state index is -0.542. The molecule has 1 rings (SSSR count). The molecule has 4 heteroatoms. The highest BCUT2D eigenvalue weighted by Crippen LogP contribution is 2.20. The topological polar surface area (TPSA) is 72.3 Å². The van der Waals surface area contributed by atoms with Crippen LogP contribution in [0.5, 0.6) is 0 Å². The van der Waals surface area contributed by atoms with Crippen LogP contribution >= 0.6 is 0 Å². The maximum absolute atomic E-state index is 10.9. The van der Waals surface area contributed by atoms with E-state index < -0.39 is 6.03 Å². The monoisotopic (exact) mass is 205 g/mol. The molecule has 1 aromatic carbocycles. The molecule has 0 heterocycles. The fourth-order valence-electron chi connectivity index (χ4n) is 1.15. The van der Waals surface area contributed by atoms with E-state index in [4.69, 9.17) is 11.5 Å². The molecule has 0 aliphatic rings. The number of hydrogen-bond donors (Lipinski definition) is 2. The minimum Gasteiger partial charge on any atom is -0.398 e. The number of benzene rings is 1. The van der Waals surface area contributed by atoms with Crippen LogP contribution in [0.3, 0.4) is 0 Å². The summed E-state index contributed by atoms with van der Waals surface area (Å²) in [6, 6.07) is 4.97. The van der Waals surface area contributed by atoms with Gasteiger partial charge in [-0.1, -0.05) is 18.7 Å². The van der Waals surface area contributed by atoms with Crippen molar-refractivity contribution in [3.63, 3.8) is 0 Å². The zero-order chi connectivity index (χ0) is 11.6. The van der Waals surface area contributed by atoms with Crippen molar-refractivity contribution in [2.75, 3.05) is 12.8 Å². The molecule has 80 valence electrons. The molecule has 0 fully saturated rings. The number of carbonyl (C=O) groups excluding carboxylic acids is 1. The van der Waals surface area contributed by atoms with E-state index in [0.717, 1.165) is 11.1 Å². The van der Waals surface area contributed by atoms with E-state index in [0.29, 0.717) is 11.4 Å². The molecule has 0 atom stereocenters. The van der Waals surface area contributed by atoms with Gasteiger partial charge >= 0.3 is 6.03 Å². The summed E-state index contributed by atoms with van der Waals surface area (Å²) in [7, 11) is 1.57. The zero-order valence-corrected chi connectivity index (χ0v) is 8.95. The SMILES string of the molecule is C=C(c1ccc(C)c(N)c1)N(C)C(N)=O. The van der Waals surface area contributed by atoms with Gasteiger partial charge in [0, 0.05) is 18.4 Å². The van der Waals surface area contributed by atoms with Gasteiger partial charge in [-0.15, -0.1) is 0 Å². The lowest BCUT2D eigenvalue weighted by Crippen LogP contribution is -2.30. The number of primary amides is 1. The first-order chi connectivity index (χ1) is 6.93. The predicted octanol–water partition coefficient (Wildman–Crippen LogP) is 1.56. The van der Waals surface area contributed by atoms with E-state index >= 15 is 0 Å². The number of carbonyl (C=O) groups is 1. The molecule has 0 aromatic heterocycles. The molecule has 0 unspecified atom stereocenters. The van der Waals surface area contributed by atoms with E-state index in [1.807, 2.05) is 19.1 Å². The Hall–Kier alpha value is -1.97. The molecule has 0 saturated heterocycles. The molecule has 4 N–H and O–H groups in total. The Bertz CT molecular complexity index is 412. The van der Waals surface area contributed by atoms with Crippen molar-refractivity contribution < 1.29 is 4.79 Å². The van der Waals surface area contributed by atoms with Crippen LogP contribution in [-0.2, 0) is 0 Å². The first-order valence-corrected chi connectivity index (χ1v) is 4.52. The van der Waals surface area contributed by atoms with Crippen LogP contribution in [0, 0.1) is 6.92 Å². The molecule has 15 heavy (non-hydrogen) atoms. The minimum absolute atomic E-state index is 0.536. The Morgan fingerprint density at radius 2 is 2.07 bits per heavy atom. The van der Waals surface area contributed by atoms with Crippen molar-refractivity contribution in [1.82, 2.24) is 4.90 Å². The highest BCUT2D eigenvalue weighted by Gasteiger charge is 2.10. The third-order valence-electron chi connectivity index (χ3n) is 2.35. The average Bonchev–Trinajstić information content (AvgIpc) is 2.19. The molecule has 2 amide bonds. The third kappa shape index (κ3) is 2.28. The van der Waals surface area contributed by atoms with Crippen LogP contribution < -0.4 is 11.5 Å². The number of urea groups is 1. The number of hydrogen-bond acceptors (Lipinski definition) is 2. The number of nitrogens with zero attached hydrogens (tertiary/aromatic N) is 1. The Morgan fingerprint density at radius 3 is 2.53 bits per heavy atom. The molecule has 0 bridgehead atoms. The largest absolute Gasteiger partial charge is 0.398 e. The standard InChI is InChI=1S/C11H15N3O/c1-7-4-5-9(6-10(7)12)8(2)14(3)11(13)15/h4-6H,2,12H2,1,3H3,(H2,13,15). The van der Waals surface area contributed by atoms with Gasteiger partial charge in [-0.25, -0.2) is 4.79 Å². The van der Waals surface area contributed by atoms with Crippen LogP contribution in [-0.4, -0.2) is 18.0 Å². The summed E-state index contributed by atoms with van der Waals surface area (Å²) in [4.78, 5) is 12.2. The Kier molecular flexibility index (Phi) is 2.99. The van der Waals surface area contributed by atoms with Crippen LogP contribution in [0.4, 0.5) is 10.5 Å². The summed E-state index contributed by atoms with van der Waals surface area (Å²) in [5.74, 6) is 0. The van der Waals surface area contributed by atoms with Crippen molar-refractivity contribution in [2.24, 2.45) is 5.73 Å². The number of nitrogen functional groups attached to an aromatic ring is 1. The van der Waals surface area contributed by atoms with E-state index in [2.05, 4.69) is 6.58 Å². The molecular formula is C11H15N3O. The maximum Gasteiger partial charge on any atom is 0.318 e. The second-order valence-electron chi connectivity index (χ2n) is 3.42. The molecule has 0 spiro atoms. The summed E-state index contributed by atoms with van der Waals surface area (Å²) in [6.45, 7) is 5.70. The molecule has 1 aromatic rings. The van der Waals surface area contributed by atoms with Gasteiger partial charge in [-0.3, -0.25) is 4.90 Å². The summed E-state index contributed by atoms with van der Waals surface area (Å²) >= 11 is 0. The van der Waals surface area contributed by atoms with Crippen LogP contribution in [0.15, 0.2) is 24.8 Å². The highest BCUT2D eigenvalue weighted by atomic mass is 16.2. The summed E-state index contributed by atoms with van der Waals surface area (Å²) in [5.41, 5.74) is 13.9. The van der Waals surface area contributed by atoms with Gasteiger partial charge < -0.3 is 11.5 Å². The fraction of sp³-hybridized carbons (Fsp3) is 0.182. The summed E-state index contributed by atoms with van der Waals surface area (Å²) < 4.78 is 0. The third-order valence-corrected chi connectivity index (χ3v) is 2.35. The first-order valence-electron chi connectivity index (χ1n) is 4.52. The Morgan fingerprint density at radius 1 is 1.47 bits per heavy atom. The van der Waals surface area contributed by atoms with Crippen molar-refractivity contribution in [3.05, 3.63) is 35.9 Å². The molecular weight excluding hydrogens is 190 g/mol. The lowest BCUT2D eigenvalue weighted by atomic mass is 10.1. The smallest absolute Gasteiger partial charge is 0.318 e. The number of anilines is 1. The average molecular weight is 205 g/mol. The molecule has 4 nitrogen and oxygen atoms in total. The predicted molar refractivity (Wildman–Crippen MR) is 62.0 cm³/mol. The van der Waals surface area contributed by atoms with Gasteiger partial charge in [0.1, 0.15) is 0 Å². The van der Waals surface area contributed by atoms with E-state index in [1.165, 1.54) is 4.90 Å². The molecule has 0 saturated carbocycles. The number of aryl methyl sites for hydroxylation is 1. The lowest BCUT2D eigenvalue weighted by molar-refractivity contribution is 0.233. The van der Waals surface area contributed by atoms with Crippen molar-refractivity contribution in [1.29, 1.82) is 0 Å². The molecule has 0 aliphatic heterocycles. The highest BCUT2D eigenvalue weighted by molar-refractivity contribution is 5.84. The second kappa shape index (κ2) is 4.04. The van der Waals surface area contributed by atoms with Crippen LogP contribution in [0.2, 0.25) is 0 Å². The van der Waals surface area contributed by atoms with Gasteiger partial charge in [0.2, 0.25) is 0 Å². The normalized spacial score (nSPS) is 9.73. The number of amides is 2. The zero-order valence-electron chi connectivity index (χ0n) is 8.95. The maximum atomic E-state index is 10.9. The Labute approximate surface area is 89.2 Å². The van der Waals surface area contributed by atoms with Gasteiger partial charge in [-0.2, -0.15) is 0 Å². The van der Waals surface area contributed by atoms with Gasteiger partial charge in [0.25, 0.3) is 0 Å². The molecule has 0 aliphatic carbocycles. The van der Waals surface area contributed by atoms with Gasteiger partial charge in [0.15, 0.2) is 0 Å². The number of rotatable bonds is 2. The van der Waals surface area contributed by atoms with Crippen LogP contribution in [0.1, 0.15) is 11.1 Å². The van der Waals surface area contributed by atoms with Crippen LogP contribution in [0.25, 0.3) is 5.70 Å². The van der Waals surface area contributed by atoms with E-state index in [9.17, 15) is 4.79 Å². The first kappa shape index (κ1) is 11.1. The van der Waals surface area contributed by atoms with Gasteiger partial charge in [0.05, 0.1) is 0 Å². The fourth-order valence-corrected chi connectivity index (χ4v) is 1.15. The molecule has 0 radical (unpaired) electrons. The van der Waals surface area contributed by atoms with E-state index in [-0.39, 0.29) is 0 Å².